The number of nitrogens with one attached hydrogen (secondary N) is 2. The summed E-state index contributed by atoms with van der Waals surface area (Å²) >= 11 is 3.31. The van der Waals surface area contributed by atoms with Crippen molar-refractivity contribution >= 4 is 39.8 Å². The van der Waals surface area contributed by atoms with Crippen molar-refractivity contribution in [1.82, 2.24) is 15.6 Å². The highest BCUT2D eigenvalue weighted by atomic mass is 79.9. The molecular formula is C24H20BrN3O5. The summed E-state index contributed by atoms with van der Waals surface area (Å²) in [6.45, 7) is 0.231. The quantitative estimate of drug-likeness (QED) is 0.331. The summed E-state index contributed by atoms with van der Waals surface area (Å²) in [4.78, 5) is 41.3. The molecule has 0 fully saturated rings. The highest BCUT2D eigenvalue weighted by Gasteiger charge is 2.18. The number of amides is 2. The van der Waals surface area contributed by atoms with E-state index in [0.717, 1.165) is 5.56 Å². The molecule has 1 heterocycles. The fourth-order valence-electron chi connectivity index (χ4n) is 2.86. The number of ether oxygens (including phenoxy) is 1. The molecule has 0 saturated carbocycles. The van der Waals surface area contributed by atoms with E-state index in [1.807, 2.05) is 0 Å². The Morgan fingerprint density at radius 3 is 2.58 bits per heavy atom. The van der Waals surface area contributed by atoms with Gasteiger partial charge in [-0.15, -0.1) is 0 Å². The summed E-state index contributed by atoms with van der Waals surface area (Å²) in [6, 6.07) is 14.5. The maximum atomic E-state index is 12.8. The molecule has 9 heteroatoms. The van der Waals surface area contributed by atoms with E-state index in [0.29, 0.717) is 15.6 Å². The first kappa shape index (κ1) is 23.7. The van der Waals surface area contributed by atoms with Crippen molar-refractivity contribution in [2.24, 2.45) is 0 Å². The summed E-state index contributed by atoms with van der Waals surface area (Å²) in [7, 11) is 1.21. The Balaban J connectivity index is 1.72. The average Bonchev–Trinajstić information content (AvgIpc) is 2.82. The Labute approximate surface area is 198 Å². The molecule has 2 aromatic carbocycles. The second-order valence-electron chi connectivity index (χ2n) is 6.84. The van der Waals surface area contributed by atoms with Gasteiger partial charge in [0.1, 0.15) is 11.4 Å². The molecule has 3 rings (SSSR count). The third-order valence-electron chi connectivity index (χ3n) is 4.49. The summed E-state index contributed by atoms with van der Waals surface area (Å²) < 4.78 is 5.12. The molecule has 0 aliphatic rings. The zero-order chi connectivity index (χ0) is 23.8. The second kappa shape index (κ2) is 11.1. The number of phenols is 1. The molecular weight excluding hydrogens is 490 g/mol. The monoisotopic (exact) mass is 509 g/mol. The van der Waals surface area contributed by atoms with Gasteiger partial charge in [0.05, 0.1) is 12.7 Å². The first-order chi connectivity index (χ1) is 15.9. The Kier molecular flexibility index (Phi) is 7.93. The predicted octanol–water partition coefficient (Wildman–Crippen LogP) is 3.42. The predicted molar refractivity (Wildman–Crippen MR) is 125 cm³/mol. The van der Waals surface area contributed by atoms with Crippen molar-refractivity contribution in [3.63, 3.8) is 0 Å². The van der Waals surface area contributed by atoms with Crippen LogP contribution in [-0.2, 0) is 16.1 Å². The van der Waals surface area contributed by atoms with E-state index in [-0.39, 0.29) is 29.5 Å². The summed E-state index contributed by atoms with van der Waals surface area (Å²) in [5, 5.41) is 14.8. The highest BCUT2D eigenvalue weighted by Crippen LogP contribution is 2.20. The molecule has 0 aliphatic heterocycles. The smallest absolute Gasteiger partial charge is 0.354 e. The third-order valence-corrected chi connectivity index (χ3v) is 5.14. The Bertz CT molecular complexity index is 1210. The molecule has 0 atom stereocenters. The number of hydrogen-bond acceptors (Lipinski definition) is 6. The fourth-order valence-corrected chi connectivity index (χ4v) is 3.42. The summed E-state index contributed by atoms with van der Waals surface area (Å²) in [6.07, 6.45) is 4.58. The van der Waals surface area contributed by atoms with E-state index in [1.54, 1.807) is 42.6 Å². The number of hydrogen-bond donors (Lipinski definition) is 3. The van der Waals surface area contributed by atoms with Gasteiger partial charge in [-0.2, -0.15) is 0 Å². The SMILES string of the molecule is COC(=O)C(=Cc1cccnc1)NC(=O)c1ccc(C(=O)NCc2cccc(O)c2)cc1Br. The largest absolute Gasteiger partial charge is 0.508 e. The number of rotatable bonds is 7. The van der Waals surface area contributed by atoms with E-state index in [4.69, 9.17) is 4.74 Å². The van der Waals surface area contributed by atoms with Gasteiger partial charge in [-0.3, -0.25) is 14.6 Å². The number of benzene rings is 2. The number of esters is 1. The van der Waals surface area contributed by atoms with Crippen molar-refractivity contribution in [2.75, 3.05) is 7.11 Å². The molecule has 0 radical (unpaired) electrons. The number of phenolic OH excluding ortho intramolecular Hbond substituents is 1. The van der Waals surface area contributed by atoms with Crippen LogP contribution in [0.3, 0.4) is 0 Å². The number of aromatic hydroxyl groups is 1. The molecule has 0 aliphatic carbocycles. The van der Waals surface area contributed by atoms with Crippen LogP contribution in [0.2, 0.25) is 0 Å². The molecule has 33 heavy (non-hydrogen) atoms. The van der Waals surface area contributed by atoms with Gasteiger partial charge in [-0.05, 0) is 69.5 Å². The lowest BCUT2D eigenvalue weighted by molar-refractivity contribution is -0.136. The Morgan fingerprint density at radius 1 is 1.09 bits per heavy atom. The van der Waals surface area contributed by atoms with Crippen LogP contribution >= 0.6 is 15.9 Å². The maximum Gasteiger partial charge on any atom is 0.354 e. The van der Waals surface area contributed by atoms with Crippen LogP contribution in [-0.4, -0.2) is 35.0 Å². The normalized spacial score (nSPS) is 10.9. The van der Waals surface area contributed by atoms with Crippen LogP contribution in [0.25, 0.3) is 6.08 Å². The lowest BCUT2D eigenvalue weighted by Crippen LogP contribution is -2.28. The van der Waals surface area contributed by atoms with Gasteiger partial charge in [-0.25, -0.2) is 4.79 Å². The van der Waals surface area contributed by atoms with Crippen LogP contribution in [0.1, 0.15) is 31.8 Å². The number of carbonyl (C=O) groups excluding carboxylic acids is 3. The minimum Gasteiger partial charge on any atom is -0.508 e. The summed E-state index contributed by atoms with van der Waals surface area (Å²) in [5.74, 6) is -1.51. The average molecular weight is 510 g/mol. The van der Waals surface area contributed by atoms with Crippen molar-refractivity contribution in [1.29, 1.82) is 0 Å². The van der Waals surface area contributed by atoms with Crippen LogP contribution < -0.4 is 10.6 Å². The number of carbonyl (C=O) groups is 3. The van der Waals surface area contributed by atoms with Gasteiger partial charge in [-0.1, -0.05) is 18.2 Å². The standard InChI is InChI=1S/C24H20BrN3O5/c1-33-24(32)21(11-16-5-3-9-26-13-16)28-23(31)19-8-7-17(12-20(19)25)22(30)27-14-15-4-2-6-18(29)10-15/h2-13,29H,14H2,1H3,(H,27,30)(H,28,31). The van der Waals surface area contributed by atoms with Gasteiger partial charge in [0.15, 0.2) is 0 Å². The lowest BCUT2D eigenvalue weighted by Gasteiger charge is -2.11. The van der Waals surface area contributed by atoms with E-state index in [9.17, 15) is 19.5 Å². The van der Waals surface area contributed by atoms with Crippen molar-refractivity contribution in [3.05, 3.63) is 99.4 Å². The fraction of sp³-hybridized carbons (Fsp3) is 0.0833. The number of aromatic nitrogens is 1. The minimum absolute atomic E-state index is 0.0599. The van der Waals surface area contributed by atoms with E-state index in [1.165, 1.54) is 37.6 Å². The van der Waals surface area contributed by atoms with E-state index >= 15 is 0 Å². The number of nitrogens with zero attached hydrogens (tertiary/aromatic N) is 1. The molecule has 0 unspecified atom stereocenters. The minimum atomic E-state index is -0.716. The molecule has 3 N–H and O–H groups in total. The first-order valence-electron chi connectivity index (χ1n) is 9.74. The van der Waals surface area contributed by atoms with Crippen molar-refractivity contribution in [2.45, 2.75) is 6.54 Å². The van der Waals surface area contributed by atoms with Gasteiger partial charge in [0.25, 0.3) is 11.8 Å². The molecule has 8 nitrogen and oxygen atoms in total. The Morgan fingerprint density at radius 2 is 1.91 bits per heavy atom. The third kappa shape index (κ3) is 6.50. The second-order valence-corrected chi connectivity index (χ2v) is 7.69. The van der Waals surface area contributed by atoms with Crippen LogP contribution in [0.5, 0.6) is 5.75 Å². The maximum absolute atomic E-state index is 12.8. The Hall–Kier alpha value is -3.98. The van der Waals surface area contributed by atoms with Crippen molar-refractivity contribution < 1.29 is 24.2 Å². The van der Waals surface area contributed by atoms with E-state index in [2.05, 4.69) is 31.5 Å². The molecule has 3 aromatic rings. The van der Waals surface area contributed by atoms with Gasteiger partial charge < -0.3 is 20.5 Å². The van der Waals surface area contributed by atoms with Crippen LogP contribution in [0.15, 0.2) is 77.2 Å². The van der Waals surface area contributed by atoms with Crippen molar-refractivity contribution in [3.8, 4) is 5.75 Å². The molecule has 2 amide bonds. The highest BCUT2D eigenvalue weighted by molar-refractivity contribution is 9.10. The van der Waals surface area contributed by atoms with Crippen LogP contribution in [0.4, 0.5) is 0 Å². The first-order valence-corrected chi connectivity index (χ1v) is 10.5. The number of halogens is 1. The molecule has 168 valence electrons. The zero-order valence-corrected chi connectivity index (χ0v) is 19.1. The van der Waals surface area contributed by atoms with Gasteiger partial charge in [0, 0.05) is 29.0 Å². The number of pyridine rings is 1. The van der Waals surface area contributed by atoms with Gasteiger partial charge in [0.2, 0.25) is 0 Å². The zero-order valence-electron chi connectivity index (χ0n) is 17.5. The topological polar surface area (TPSA) is 118 Å². The molecule has 1 aromatic heterocycles. The van der Waals surface area contributed by atoms with Crippen LogP contribution in [0, 0.1) is 0 Å². The molecule has 0 bridgehead atoms. The number of methoxy groups -OCH3 is 1. The lowest BCUT2D eigenvalue weighted by atomic mass is 10.1. The van der Waals surface area contributed by atoms with Gasteiger partial charge >= 0.3 is 5.97 Å². The van der Waals surface area contributed by atoms with E-state index < -0.39 is 11.9 Å². The summed E-state index contributed by atoms with van der Waals surface area (Å²) in [5.41, 5.74) is 1.85. The molecule has 0 spiro atoms. The molecule has 0 saturated heterocycles.